The fourth-order valence-corrected chi connectivity index (χ4v) is 8.91. The first-order chi connectivity index (χ1) is 26.2. The van der Waals surface area contributed by atoms with Crippen molar-refractivity contribution in [2.24, 2.45) is 0 Å². The van der Waals surface area contributed by atoms with Gasteiger partial charge in [0.1, 0.15) is 12.4 Å². The molecule has 0 aliphatic heterocycles. The number of benzene rings is 2. The van der Waals surface area contributed by atoms with Crippen molar-refractivity contribution in [1.82, 2.24) is 4.98 Å². The Balaban J connectivity index is 1.49. The van der Waals surface area contributed by atoms with Crippen molar-refractivity contribution in [2.75, 3.05) is 0 Å². The quantitative estimate of drug-likeness (QED) is 0.0460. The minimum atomic E-state index is 0.00161. The molecule has 0 aliphatic rings. The summed E-state index contributed by atoms with van der Waals surface area (Å²) in [4.78, 5) is 3.83. The fourth-order valence-electron chi connectivity index (χ4n) is 8.91. The number of hydrogen-bond acceptors (Lipinski definition) is 0. The van der Waals surface area contributed by atoms with Crippen LogP contribution in [0.25, 0.3) is 0 Å². The van der Waals surface area contributed by atoms with Crippen LogP contribution in [0.1, 0.15) is 230 Å². The maximum Gasteiger partial charge on any atom is 0.258 e. The number of H-pyrrole nitrogens is 1. The van der Waals surface area contributed by atoms with E-state index in [4.69, 9.17) is 0 Å². The molecule has 0 bridgehead atoms. The first-order valence-corrected chi connectivity index (χ1v) is 23.3. The number of unbranched alkanes of at least 4 members (excludes halogenated alkanes) is 26. The van der Waals surface area contributed by atoms with Crippen LogP contribution in [0, 0.1) is 0 Å². The van der Waals surface area contributed by atoms with Crippen LogP contribution in [0.15, 0.2) is 73.1 Å². The van der Waals surface area contributed by atoms with Crippen LogP contribution < -0.4 is 4.57 Å². The molecule has 2 unspecified atom stereocenters. The van der Waals surface area contributed by atoms with Crippen molar-refractivity contribution in [1.29, 1.82) is 0 Å². The predicted octanol–water partition coefficient (Wildman–Crippen LogP) is 15.9. The van der Waals surface area contributed by atoms with Crippen molar-refractivity contribution in [3.63, 3.8) is 0 Å². The van der Waals surface area contributed by atoms with Gasteiger partial charge in [-0.3, -0.25) is 0 Å². The first kappa shape index (κ1) is 45.0. The largest absolute Gasteiger partial charge is 0.258 e. The lowest BCUT2D eigenvalue weighted by atomic mass is 9.66. The molecule has 0 radical (unpaired) electrons. The SMILES string of the molecule is CCCCCCCCCCCCCCCCCC[n+]1cc[nH]c1C(CCCCCCCCCCCCCC)C(C)(Cc1ccccc1)c1ccccc1. The third-order valence-electron chi connectivity index (χ3n) is 12.3. The van der Waals surface area contributed by atoms with Crippen LogP contribution >= 0.6 is 0 Å². The van der Waals surface area contributed by atoms with Crippen molar-refractivity contribution >= 4 is 0 Å². The highest BCUT2D eigenvalue weighted by Gasteiger charge is 2.42. The molecule has 0 fully saturated rings. The van der Waals surface area contributed by atoms with Gasteiger partial charge in [0, 0.05) is 5.41 Å². The molecule has 1 N–H and O–H groups in total. The number of aryl methyl sites for hydroxylation is 1. The van der Waals surface area contributed by atoms with Gasteiger partial charge >= 0.3 is 0 Å². The van der Waals surface area contributed by atoms with Crippen LogP contribution in [-0.2, 0) is 18.4 Å². The van der Waals surface area contributed by atoms with E-state index in [-0.39, 0.29) is 5.41 Å². The summed E-state index contributed by atoms with van der Waals surface area (Å²) in [5.74, 6) is 1.88. The summed E-state index contributed by atoms with van der Waals surface area (Å²) in [7, 11) is 0. The second-order valence-electron chi connectivity index (χ2n) is 17.0. The van der Waals surface area contributed by atoms with Gasteiger partial charge in [0.2, 0.25) is 0 Å². The van der Waals surface area contributed by atoms with Gasteiger partial charge in [0.15, 0.2) is 0 Å². The summed E-state index contributed by atoms with van der Waals surface area (Å²) in [5.41, 5.74) is 2.91. The zero-order valence-corrected chi connectivity index (χ0v) is 35.4. The number of imidazole rings is 1. The fraction of sp³-hybridized carbons (Fsp3) is 0.706. The molecule has 298 valence electrons. The number of nitrogens with zero attached hydrogens (tertiary/aromatic N) is 1. The van der Waals surface area contributed by atoms with E-state index in [1.807, 2.05) is 0 Å². The Bertz CT molecular complexity index is 1220. The highest BCUT2D eigenvalue weighted by molar-refractivity contribution is 5.32. The molecule has 3 rings (SSSR count). The molecular weight excluding hydrogens is 641 g/mol. The molecular formula is C51H85N2+. The van der Waals surface area contributed by atoms with Crippen LogP contribution in [0.3, 0.4) is 0 Å². The third-order valence-corrected chi connectivity index (χ3v) is 12.3. The molecule has 53 heavy (non-hydrogen) atoms. The topological polar surface area (TPSA) is 19.7 Å². The Hall–Kier alpha value is -2.35. The van der Waals surface area contributed by atoms with E-state index in [2.05, 4.69) is 103 Å². The monoisotopic (exact) mass is 726 g/mol. The van der Waals surface area contributed by atoms with Crippen molar-refractivity contribution in [3.05, 3.63) is 90.0 Å². The summed E-state index contributed by atoms with van der Waals surface area (Å²) in [6.45, 7) is 8.30. The molecule has 2 nitrogen and oxygen atoms in total. The molecule has 0 spiro atoms. The normalized spacial score (nSPS) is 13.3. The highest BCUT2D eigenvalue weighted by atomic mass is 15.1. The standard InChI is InChI=1S/C51H84N2/c1-4-6-8-10-12-14-16-18-19-20-21-23-25-27-29-37-44-53-45-43-52-50(53)49(42-36-28-26-24-22-17-15-13-11-9-7-5-2)51(3,48-40-34-31-35-41-48)46-47-38-32-30-33-39-47/h30-35,38-41,43,45,49H,4-29,36-37,42,44,46H2,1-3H3/p+1. The van der Waals surface area contributed by atoms with Gasteiger partial charge in [-0.15, -0.1) is 0 Å². The number of aromatic amines is 1. The zero-order chi connectivity index (χ0) is 37.5. The lowest BCUT2D eigenvalue weighted by Gasteiger charge is -2.37. The Morgan fingerprint density at radius 2 is 0.887 bits per heavy atom. The van der Waals surface area contributed by atoms with E-state index in [9.17, 15) is 0 Å². The molecule has 0 saturated carbocycles. The maximum absolute atomic E-state index is 3.83. The minimum absolute atomic E-state index is 0.00161. The Morgan fingerprint density at radius 3 is 1.34 bits per heavy atom. The summed E-state index contributed by atoms with van der Waals surface area (Å²) < 4.78 is 2.60. The molecule has 3 aromatic rings. The van der Waals surface area contributed by atoms with Gasteiger partial charge in [-0.25, -0.2) is 9.55 Å². The van der Waals surface area contributed by atoms with Crippen molar-refractivity contribution in [2.45, 2.75) is 231 Å². The first-order valence-electron chi connectivity index (χ1n) is 23.3. The number of aromatic nitrogens is 2. The van der Waals surface area contributed by atoms with E-state index in [0.717, 1.165) is 13.0 Å². The summed E-state index contributed by atoms with van der Waals surface area (Å²) in [6.07, 6.45) is 46.4. The second-order valence-corrected chi connectivity index (χ2v) is 17.0. The second kappa shape index (κ2) is 29.9. The average Bonchev–Trinajstić information content (AvgIpc) is 3.65. The van der Waals surface area contributed by atoms with Crippen LogP contribution in [0.2, 0.25) is 0 Å². The van der Waals surface area contributed by atoms with E-state index >= 15 is 0 Å². The lowest BCUT2D eigenvalue weighted by molar-refractivity contribution is -0.705. The van der Waals surface area contributed by atoms with Gasteiger partial charge in [0.05, 0.1) is 12.5 Å². The summed E-state index contributed by atoms with van der Waals surface area (Å²) >= 11 is 0. The average molecular weight is 726 g/mol. The van der Waals surface area contributed by atoms with Crippen LogP contribution in [0.4, 0.5) is 0 Å². The van der Waals surface area contributed by atoms with Gasteiger partial charge in [-0.2, -0.15) is 0 Å². The summed E-state index contributed by atoms with van der Waals surface area (Å²) in [5, 5.41) is 0. The lowest BCUT2D eigenvalue weighted by Crippen LogP contribution is -2.43. The molecule has 1 heterocycles. The minimum Gasteiger partial charge on any atom is -0.247 e. The molecule has 0 aliphatic carbocycles. The highest BCUT2D eigenvalue weighted by Crippen LogP contribution is 2.43. The predicted molar refractivity (Wildman–Crippen MR) is 233 cm³/mol. The maximum atomic E-state index is 3.83. The van der Waals surface area contributed by atoms with Gasteiger partial charge in [-0.05, 0) is 36.8 Å². The molecule has 2 heteroatoms. The van der Waals surface area contributed by atoms with Crippen molar-refractivity contribution < 1.29 is 4.57 Å². The third kappa shape index (κ3) is 19.2. The van der Waals surface area contributed by atoms with Gasteiger partial charge in [0.25, 0.3) is 5.82 Å². The zero-order valence-electron chi connectivity index (χ0n) is 35.4. The molecule has 0 saturated heterocycles. The molecule has 2 atom stereocenters. The number of rotatable bonds is 35. The van der Waals surface area contributed by atoms with Gasteiger partial charge < -0.3 is 0 Å². The molecule has 1 aromatic heterocycles. The van der Waals surface area contributed by atoms with E-state index in [1.165, 1.54) is 203 Å². The number of nitrogens with one attached hydrogen (secondary N) is 1. The van der Waals surface area contributed by atoms with E-state index < -0.39 is 0 Å². The Kier molecular flexibility index (Phi) is 25.4. The van der Waals surface area contributed by atoms with Crippen LogP contribution in [-0.4, -0.2) is 4.98 Å². The molecule has 2 aromatic carbocycles. The Labute approximate surface area is 329 Å². The Morgan fingerprint density at radius 1 is 0.491 bits per heavy atom. The van der Waals surface area contributed by atoms with Crippen molar-refractivity contribution in [3.8, 4) is 0 Å². The van der Waals surface area contributed by atoms with Gasteiger partial charge in [-0.1, -0.05) is 248 Å². The smallest absolute Gasteiger partial charge is 0.247 e. The van der Waals surface area contributed by atoms with Crippen LogP contribution in [0.5, 0.6) is 0 Å². The summed E-state index contributed by atoms with van der Waals surface area (Å²) in [6, 6.07) is 22.7. The van der Waals surface area contributed by atoms with E-state index in [1.54, 1.807) is 0 Å². The number of hydrogen-bond donors (Lipinski definition) is 1. The molecule has 0 amide bonds. The van der Waals surface area contributed by atoms with E-state index in [0.29, 0.717) is 5.92 Å².